The summed E-state index contributed by atoms with van der Waals surface area (Å²) in [4.78, 5) is 16.1. The van der Waals surface area contributed by atoms with Gasteiger partial charge < -0.3 is 20.4 Å². The van der Waals surface area contributed by atoms with Gasteiger partial charge in [-0.3, -0.25) is 4.79 Å². The number of rotatable bonds is 4. The van der Waals surface area contributed by atoms with Crippen molar-refractivity contribution < 1.29 is 4.79 Å². The van der Waals surface area contributed by atoms with Crippen LogP contribution in [0.3, 0.4) is 0 Å². The number of nitrogens with one attached hydrogen (secondary N) is 2. The molecule has 23 heavy (non-hydrogen) atoms. The van der Waals surface area contributed by atoms with Crippen LogP contribution in [-0.2, 0) is 4.79 Å². The first-order chi connectivity index (χ1) is 11.0. The molecule has 1 aromatic carbocycles. The summed E-state index contributed by atoms with van der Waals surface area (Å²) >= 11 is 11.6. The number of benzene rings is 1. The van der Waals surface area contributed by atoms with E-state index in [1.807, 2.05) is 18.2 Å². The molecule has 1 amide bonds. The van der Waals surface area contributed by atoms with Crippen LogP contribution in [0.25, 0.3) is 0 Å². The second-order valence-corrected chi connectivity index (χ2v) is 6.23. The number of carbonyl (C=O) groups excluding carboxylic acids is 1. The molecule has 0 spiro atoms. The minimum absolute atomic E-state index is 0.109. The second-order valence-electron chi connectivity index (χ2n) is 5.41. The third-order valence-corrected chi connectivity index (χ3v) is 4.45. The van der Waals surface area contributed by atoms with Gasteiger partial charge in [0.15, 0.2) is 5.11 Å². The number of nitrogens with zero attached hydrogens (tertiary/aromatic N) is 2. The third kappa shape index (κ3) is 4.80. The van der Waals surface area contributed by atoms with Crippen LogP contribution in [0.15, 0.2) is 18.2 Å². The summed E-state index contributed by atoms with van der Waals surface area (Å²) < 4.78 is 0. The van der Waals surface area contributed by atoms with E-state index >= 15 is 0 Å². The summed E-state index contributed by atoms with van der Waals surface area (Å²) in [6.07, 6.45) is 0.392. The molecule has 2 rings (SSSR count). The molecule has 7 heteroatoms. The van der Waals surface area contributed by atoms with Crippen molar-refractivity contribution in [2.45, 2.75) is 20.3 Å². The quantitative estimate of drug-likeness (QED) is 0.814. The molecule has 0 atom stereocenters. The predicted octanol–water partition coefficient (Wildman–Crippen LogP) is 2.70. The Balaban J connectivity index is 2.13. The number of para-hydroxylation sites is 1. The van der Waals surface area contributed by atoms with Crippen LogP contribution in [0, 0.1) is 0 Å². The van der Waals surface area contributed by atoms with Crippen LogP contribution in [0.1, 0.15) is 20.3 Å². The van der Waals surface area contributed by atoms with Gasteiger partial charge in [-0.25, -0.2) is 0 Å². The molecule has 1 aliphatic rings. The molecule has 0 aromatic heterocycles. The number of piperazine rings is 1. The van der Waals surface area contributed by atoms with Gasteiger partial charge in [-0.2, -0.15) is 0 Å². The van der Waals surface area contributed by atoms with Crippen molar-refractivity contribution in [2.75, 3.05) is 42.9 Å². The zero-order chi connectivity index (χ0) is 16.8. The number of anilines is 2. The van der Waals surface area contributed by atoms with E-state index in [4.69, 9.17) is 23.8 Å². The Morgan fingerprint density at radius 2 is 1.96 bits per heavy atom. The molecule has 1 heterocycles. The molecule has 0 radical (unpaired) electrons. The Kier molecular flexibility index (Phi) is 6.62. The molecular weight excluding hydrogens is 332 g/mol. The van der Waals surface area contributed by atoms with Crippen LogP contribution in [-0.4, -0.2) is 48.6 Å². The van der Waals surface area contributed by atoms with E-state index in [1.165, 1.54) is 0 Å². The van der Waals surface area contributed by atoms with E-state index in [-0.39, 0.29) is 5.91 Å². The number of likely N-dealkylation sites (N-methyl/N-ethyl adjacent to an activating group) is 1. The number of hydrogen-bond acceptors (Lipinski definition) is 4. The fourth-order valence-corrected chi connectivity index (χ4v) is 3.11. The highest BCUT2D eigenvalue weighted by Crippen LogP contribution is 2.34. The lowest BCUT2D eigenvalue weighted by molar-refractivity contribution is -0.119. The van der Waals surface area contributed by atoms with Gasteiger partial charge in [-0.15, -0.1) is 0 Å². The molecule has 0 aliphatic carbocycles. The molecule has 2 N–H and O–H groups in total. The molecule has 1 aromatic rings. The average Bonchev–Trinajstić information content (AvgIpc) is 2.55. The normalized spacial score (nSPS) is 15.3. The Labute approximate surface area is 148 Å². The maximum absolute atomic E-state index is 11.5. The topological polar surface area (TPSA) is 47.6 Å². The van der Waals surface area contributed by atoms with Crippen molar-refractivity contribution >= 4 is 46.2 Å². The third-order valence-electron chi connectivity index (χ3n) is 3.94. The van der Waals surface area contributed by atoms with Crippen LogP contribution < -0.4 is 15.5 Å². The molecule has 0 unspecified atom stereocenters. The van der Waals surface area contributed by atoms with Gasteiger partial charge in [-0.1, -0.05) is 31.5 Å². The van der Waals surface area contributed by atoms with Crippen LogP contribution in [0.5, 0.6) is 0 Å². The van der Waals surface area contributed by atoms with Gasteiger partial charge >= 0.3 is 0 Å². The summed E-state index contributed by atoms with van der Waals surface area (Å²) in [6, 6.07) is 5.68. The van der Waals surface area contributed by atoms with Gasteiger partial charge in [0, 0.05) is 32.6 Å². The molecule has 5 nitrogen and oxygen atoms in total. The van der Waals surface area contributed by atoms with Crippen molar-refractivity contribution in [3.05, 3.63) is 23.2 Å². The molecular formula is C16H23ClN4OS. The largest absolute Gasteiger partial charge is 0.366 e. The lowest BCUT2D eigenvalue weighted by atomic mass is 10.2. The average molecular weight is 355 g/mol. The van der Waals surface area contributed by atoms with E-state index in [1.54, 1.807) is 6.92 Å². The summed E-state index contributed by atoms with van der Waals surface area (Å²) in [7, 11) is 0. The molecule has 0 saturated carbocycles. The number of hydrogen-bond donors (Lipinski definition) is 2. The summed E-state index contributed by atoms with van der Waals surface area (Å²) in [5.41, 5.74) is 1.77. The predicted molar refractivity (Wildman–Crippen MR) is 100 cm³/mol. The van der Waals surface area contributed by atoms with Crippen LogP contribution in [0.2, 0.25) is 5.02 Å². The molecule has 0 bridgehead atoms. The molecule has 126 valence electrons. The van der Waals surface area contributed by atoms with Gasteiger partial charge in [0.25, 0.3) is 0 Å². The van der Waals surface area contributed by atoms with E-state index < -0.39 is 0 Å². The van der Waals surface area contributed by atoms with Gasteiger partial charge in [0.1, 0.15) is 0 Å². The van der Waals surface area contributed by atoms with Crippen molar-refractivity contribution in [1.82, 2.24) is 10.2 Å². The Morgan fingerprint density at radius 3 is 2.57 bits per heavy atom. The molecule has 1 fully saturated rings. The minimum Gasteiger partial charge on any atom is -0.366 e. The van der Waals surface area contributed by atoms with Crippen molar-refractivity contribution in [2.24, 2.45) is 0 Å². The van der Waals surface area contributed by atoms with Gasteiger partial charge in [-0.05, 0) is 30.9 Å². The van der Waals surface area contributed by atoms with Crippen molar-refractivity contribution in [3.8, 4) is 0 Å². The van der Waals surface area contributed by atoms with E-state index in [0.717, 1.165) is 44.1 Å². The maximum Gasteiger partial charge on any atom is 0.225 e. The first-order valence-corrected chi connectivity index (χ1v) is 8.70. The number of amides is 1. The van der Waals surface area contributed by atoms with E-state index in [0.29, 0.717) is 16.6 Å². The fourth-order valence-electron chi connectivity index (χ4n) is 2.59. The lowest BCUT2D eigenvalue weighted by Gasteiger charge is -2.37. The Bertz CT molecular complexity index is 573. The Hall–Kier alpha value is -1.37. The van der Waals surface area contributed by atoms with E-state index in [2.05, 4.69) is 27.4 Å². The highest BCUT2D eigenvalue weighted by atomic mass is 35.5. The highest BCUT2D eigenvalue weighted by Gasteiger charge is 2.21. The molecule has 1 aliphatic heterocycles. The maximum atomic E-state index is 11.5. The van der Waals surface area contributed by atoms with E-state index in [9.17, 15) is 4.79 Å². The van der Waals surface area contributed by atoms with Crippen LogP contribution >= 0.6 is 23.8 Å². The lowest BCUT2D eigenvalue weighted by Crippen LogP contribution is -2.46. The van der Waals surface area contributed by atoms with Crippen molar-refractivity contribution in [1.29, 1.82) is 0 Å². The summed E-state index contributed by atoms with van der Waals surface area (Å²) in [5, 5.41) is 6.74. The van der Waals surface area contributed by atoms with Crippen LogP contribution in [0.4, 0.5) is 11.4 Å². The monoisotopic (exact) mass is 354 g/mol. The molecule has 1 saturated heterocycles. The standard InChI is InChI=1S/C16H23ClN4OS/c1-3-14(22)19-16(23)18-13-7-5-6-12(17)15(13)21-10-8-20(4-2)9-11-21/h5-7H,3-4,8-11H2,1-2H3,(H2,18,19,22,23). The SMILES string of the molecule is CCC(=O)NC(=S)Nc1cccc(Cl)c1N1CCN(CC)CC1. The first kappa shape index (κ1) is 18.0. The van der Waals surface area contributed by atoms with Gasteiger partial charge in [0.2, 0.25) is 5.91 Å². The zero-order valence-corrected chi connectivity index (χ0v) is 15.1. The summed E-state index contributed by atoms with van der Waals surface area (Å²) in [6.45, 7) is 8.88. The zero-order valence-electron chi connectivity index (χ0n) is 13.6. The number of thiocarbonyl (C=S) groups is 1. The number of halogens is 1. The highest BCUT2D eigenvalue weighted by molar-refractivity contribution is 7.80. The number of carbonyl (C=O) groups is 1. The smallest absolute Gasteiger partial charge is 0.225 e. The van der Waals surface area contributed by atoms with Gasteiger partial charge in [0.05, 0.1) is 16.4 Å². The minimum atomic E-state index is -0.109. The van der Waals surface area contributed by atoms with Crippen molar-refractivity contribution in [3.63, 3.8) is 0 Å². The summed E-state index contributed by atoms with van der Waals surface area (Å²) in [5.74, 6) is -0.109. The second kappa shape index (κ2) is 8.47. The Morgan fingerprint density at radius 1 is 1.26 bits per heavy atom. The first-order valence-electron chi connectivity index (χ1n) is 7.91. The fraction of sp³-hybridized carbons (Fsp3) is 0.500.